The second kappa shape index (κ2) is 10.8. The number of hydrogen-bond acceptors (Lipinski definition) is 3. The van der Waals surface area contributed by atoms with Crippen LogP contribution in [0.5, 0.6) is 0 Å². The Balaban J connectivity index is 1.69. The molecule has 1 aliphatic rings. The van der Waals surface area contributed by atoms with Crippen molar-refractivity contribution in [1.29, 1.82) is 0 Å². The Kier molecular flexibility index (Phi) is 8.15. The summed E-state index contributed by atoms with van der Waals surface area (Å²) >= 11 is 0. The molecule has 0 aliphatic heterocycles. The Labute approximate surface area is 183 Å². The first kappa shape index (κ1) is 23.4. The van der Waals surface area contributed by atoms with Crippen LogP contribution in [0.25, 0.3) is 0 Å². The van der Waals surface area contributed by atoms with E-state index < -0.39 is 23.8 Å². The van der Waals surface area contributed by atoms with Gasteiger partial charge in [-0.3, -0.25) is 4.79 Å². The molecule has 31 heavy (non-hydrogen) atoms. The van der Waals surface area contributed by atoms with E-state index in [-0.39, 0.29) is 24.9 Å². The molecule has 0 fully saturated rings. The number of aliphatic hydroxyl groups is 1. The van der Waals surface area contributed by atoms with Crippen molar-refractivity contribution in [1.82, 2.24) is 10.6 Å². The number of aliphatic hydroxyl groups excluding tert-OH is 1. The van der Waals surface area contributed by atoms with E-state index in [2.05, 4.69) is 35.8 Å². The lowest BCUT2D eigenvalue weighted by Crippen LogP contribution is -2.48. The van der Waals surface area contributed by atoms with Gasteiger partial charge in [-0.25, -0.2) is 8.78 Å². The van der Waals surface area contributed by atoms with Crippen LogP contribution in [-0.4, -0.2) is 29.7 Å². The van der Waals surface area contributed by atoms with E-state index >= 15 is 0 Å². The molecule has 2 aromatic rings. The molecule has 168 valence electrons. The zero-order chi connectivity index (χ0) is 22.4. The molecule has 2 aromatic carbocycles. The van der Waals surface area contributed by atoms with Crippen LogP contribution in [0.2, 0.25) is 0 Å². The maximum absolute atomic E-state index is 13.6. The van der Waals surface area contributed by atoms with Gasteiger partial charge in [0.15, 0.2) is 0 Å². The third-order valence-electron chi connectivity index (χ3n) is 5.87. The summed E-state index contributed by atoms with van der Waals surface area (Å²) in [6.07, 6.45) is 4.48. The normalized spacial score (nSPS) is 17.6. The molecule has 0 heterocycles. The lowest BCUT2D eigenvalue weighted by atomic mass is 9.86. The second-order valence-corrected chi connectivity index (χ2v) is 8.49. The number of halogens is 2. The molecule has 0 saturated carbocycles. The minimum absolute atomic E-state index is 0.138. The van der Waals surface area contributed by atoms with Crippen molar-refractivity contribution < 1.29 is 18.7 Å². The fourth-order valence-electron chi connectivity index (χ4n) is 4.44. The van der Waals surface area contributed by atoms with E-state index in [1.165, 1.54) is 35.7 Å². The van der Waals surface area contributed by atoms with Crippen LogP contribution in [0.1, 0.15) is 61.4 Å². The van der Waals surface area contributed by atoms with Crippen molar-refractivity contribution >= 4 is 5.91 Å². The summed E-state index contributed by atoms with van der Waals surface area (Å²) in [6, 6.07) is 9.43. The van der Waals surface area contributed by atoms with E-state index in [9.17, 15) is 18.7 Å². The highest BCUT2D eigenvalue weighted by atomic mass is 19.1. The fraction of sp³-hybridized carbons (Fsp3) is 0.480. The maximum atomic E-state index is 13.6. The van der Waals surface area contributed by atoms with E-state index in [1.807, 2.05) is 0 Å². The SMILES string of the molecule is CCCc1ccc2c(c1)[C@@H](NC[C@@H](O)[C@@H](Cc1cc(F)cc(F)c1)NC(C)=O)CCC2. The number of carbonyl (C=O) groups excluding carboxylic acids is 1. The molecular formula is C25H32F2N2O2. The number of aryl methyl sites for hydroxylation is 2. The largest absolute Gasteiger partial charge is 0.390 e. The Morgan fingerprint density at radius 1 is 1.16 bits per heavy atom. The summed E-state index contributed by atoms with van der Waals surface area (Å²) < 4.78 is 27.1. The average molecular weight is 431 g/mol. The molecule has 0 spiro atoms. The lowest BCUT2D eigenvalue weighted by molar-refractivity contribution is -0.120. The monoisotopic (exact) mass is 430 g/mol. The standard InChI is InChI=1S/C25H32F2N2O2/c1-3-5-17-8-9-19-6-4-7-23(22(19)12-17)28-15-25(31)24(29-16(2)30)13-18-10-20(26)14-21(27)11-18/h8-12,14,23-25,28,31H,3-7,13,15H2,1-2H3,(H,29,30)/t23-,24+,25+/m0/s1. The minimum Gasteiger partial charge on any atom is -0.390 e. The van der Waals surface area contributed by atoms with Crippen LogP contribution < -0.4 is 10.6 Å². The van der Waals surface area contributed by atoms with Gasteiger partial charge in [0.2, 0.25) is 5.91 Å². The smallest absolute Gasteiger partial charge is 0.217 e. The summed E-state index contributed by atoms with van der Waals surface area (Å²) in [5, 5.41) is 17.0. The first-order valence-electron chi connectivity index (χ1n) is 11.1. The number of hydrogen-bond donors (Lipinski definition) is 3. The number of amides is 1. The number of rotatable bonds is 9. The quantitative estimate of drug-likeness (QED) is 0.564. The Hall–Kier alpha value is -2.31. The summed E-state index contributed by atoms with van der Waals surface area (Å²) in [7, 11) is 0. The number of nitrogens with one attached hydrogen (secondary N) is 2. The molecule has 1 aliphatic carbocycles. The van der Waals surface area contributed by atoms with Crippen molar-refractivity contribution in [3.05, 3.63) is 70.3 Å². The topological polar surface area (TPSA) is 61.4 Å². The molecule has 6 heteroatoms. The molecule has 3 rings (SSSR count). The van der Waals surface area contributed by atoms with Crippen LogP contribution in [0, 0.1) is 11.6 Å². The van der Waals surface area contributed by atoms with Crippen LogP contribution in [0.15, 0.2) is 36.4 Å². The molecule has 4 nitrogen and oxygen atoms in total. The predicted octanol–water partition coefficient (Wildman–Crippen LogP) is 3.99. The number of fused-ring (bicyclic) bond motifs is 1. The Morgan fingerprint density at radius 3 is 2.58 bits per heavy atom. The fourth-order valence-corrected chi connectivity index (χ4v) is 4.44. The van der Waals surface area contributed by atoms with E-state index in [1.54, 1.807) is 0 Å². The minimum atomic E-state index is -0.903. The first-order valence-corrected chi connectivity index (χ1v) is 11.1. The zero-order valence-corrected chi connectivity index (χ0v) is 18.3. The van der Waals surface area contributed by atoms with Crippen LogP contribution in [0.4, 0.5) is 8.78 Å². The summed E-state index contributed by atoms with van der Waals surface area (Å²) in [5.41, 5.74) is 4.33. The van der Waals surface area contributed by atoms with Gasteiger partial charge >= 0.3 is 0 Å². The third-order valence-corrected chi connectivity index (χ3v) is 5.87. The van der Waals surface area contributed by atoms with Crippen molar-refractivity contribution in [2.75, 3.05) is 6.54 Å². The van der Waals surface area contributed by atoms with E-state index in [0.717, 1.165) is 38.2 Å². The van der Waals surface area contributed by atoms with Gasteiger partial charge in [0.05, 0.1) is 12.1 Å². The molecule has 3 atom stereocenters. The van der Waals surface area contributed by atoms with Crippen molar-refractivity contribution in [3.8, 4) is 0 Å². The Bertz CT molecular complexity index is 883. The van der Waals surface area contributed by atoms with Crippen LogP contribution in [-0.2, 0) is 24.1 Å². The molecule has 0 aromatic heterocycles. The van der Waals surface area contributed by atoms with Gasteiger partial charge in [0.1, 0.15) is 11.6 Å². The van der Waals surface area contributed by atoms with Gasteiger partial charge in [0, 0.05) is 25.6 Å². The molecular weight excluding hydrogens is 398 g/mol. The van der Waals surface area contributed by atoms with Crippen LogP contribution >= 0.6 is 0 Å². The highest BCUT2D eigenvalue weighted by molar-refractivity contribution is 5.73. The lowest BCUT2D eigenvalue weighted by Gasteiger charge is -2.30. The summed E-state index contributed by atoms with van der Waals surface area (Å²) in [4.78, 5) is 11.7. The van der Waals surface area contributed by atoms with Gasteiger partial charge in [-0.2, -0.15) is 0 Å². The molecule has 1 amide bonds. The second-order valence-electron chi connectivity index (χ2n) is 8.49. The van der Waals surface area contributed by atoms with E-state index in [4.69, 9.17) is 0 Å². The highest BCUT2D eigenvalue weighted by Gasteiger charge is 2.25. The Morgan fingerprint density at radius 2 is 1.90 bits per heavy atom. The summed E-state index contributed by atoms with van der Waals surface area (Å²) in [5.74, 6) is -1.65. The molecule has 0 unspecified atom stereocenters. The van der Waals surface area contributed by atoms with Gasteiger partial charge in [-0.15, -0.1) is 0 Å². The molecule has 0 radical (unpaired) electrons. The van der Waals surface area contributed by atoms with Gasteiger partial charge in [-0.1, -0.05) is 31.5 Å². The zero-order valence-electron chi connectivity index (χ0n) is 18.3. The van der Waals surface area contributed by atoms with Gasteiger partial charge < -0.3 is 15.7 Å². The highest BCUT2D eigenvalue weighted by Crippen LogP contribution is 2.31. The van der Waals surface area contributed by atoms with Crippen LogP contribution in [0.3, 0.4) is 0 Å². The van der Waals surface area contributed by atoms with Crippen molar-refractivity contribution in [3.63, 3.8) is 0 Å². The van der Waals surface area contributed by atoms with Gasteiger partial charge in [0.25, 0.3) is 0 Å². The first-order chi connectivity index (χ1) is 14.9. The average Bonchev–Trinajstić information content (AvgIpc) is 2.70. The van der Waals surface area contributed by atoms with Gasteiger partial charge in [-0.05, 0) is 66.5 Å². The maximum Gasteiger partial charge on any atom is 0.217 e. The molecule has 0 saturated heterocycles. The summed E-state index contributed by atoms with van der Waals surface area (Å²) in [6.45, 7) is 3.80. The molecule has 0 bridgehead atoms. The van der Waals surface area contributed by atoms with E-state index in [0.29, 0.717) is 5.56 Å². The molecule has 3 N–H and O–H groups in total. The van der Waals surface area contributed by atoms with Crippen molar-refractivity contribution in [2.45, 2.75) is 70.6 Å². The third kappa shape index (κ3) is 6.58. The number of benzene rings is 2. The number of carbonyl (C=O) groups is 1. The predicted molar refractivity (Wildman–Crippen MR) is 118 cm³/mol. The van der Waals surface area contributed by atoms with Crippen molar-refractivity contribution in [2.24, 2.45) is 0 Å².